The molecule has 0 radical (unpaired) electrons. The summed E-state index contributed by atoms with van der Waals surface area (Å²) in [6.07, 6.45) is 0.992. The van der Waals surface area contributed by atoms with Crippen molar-refractivity contribution in [1.29, 1.82) is 0 Å². The molecule has 1 unspecified atom stereocenters. The average molecular weight is 220 g/mol. The average Bonchev–Trinajstić information content (AvgIpc) is 2.35. The summed E-state index contributed by atoms with van der Waals surface area (Å²) in [5, 5.41) is 2.87. The van der Waals surface area contributed by atoms with Crippen LogP contribution in [0.1, 0.15) is 29.8 Å². The van der Waals surface area contributed by atoms with Gasteiger partial charge in [0.25, 0.3) is 5.91 Å². The van der Waals surface area contributed by atoms with Crippen LogP contribution in [-0.2, 0) is 6.42 Å². The van der Waals surface area contributed by atoms with Crippen LogP contribution < -0.4 is 11.1 Å². The molecular formula is C13H20N2O. The molecule has 3 heteroatoms. The van der Waals surface area contributed by atoms with Gasteiger partial charge in [-0.1, -0.05) is 26.0 Å². The van der Waals surface area contributed by atoms with Gasteiger partial charge < -0.3 is 11.1 Å². The summed E-state index contributed by atoms with van der Waals surface area (Å²) < 4.78 is 0. The highest BCUT2D eigenvalue weighted by atomic mass is 16.1. The Hall–Kier alpha value is -1.35. The maximum absolute atomic E-state index is 11.7. The highest BCUT2D eigenvalue weighted by Crippen LogP contribution is 2.05. The molecule has 1 atom stereocenters. The van der Waals surface area contributed by atoms with Crippen molar-refractivity contribution in [3.05, 3.63) is 35.4 Å². The van der Waals surface area contributed by atoms with E-state index in [1.165, 1.54) is 5.56 Å². The standard InChI is InChI=1S/C13H20N2O/c1-3-11-4-6-12(7-5-11)13(16)15-9-10(2)8-14/h4-7,10H,3,8-9,14H2,1-2H3,(H,15,16). The second kappa shape index (κ2) is 6.28. The second-order valence-corrected chi connectivity index (χ2v) is 4.10. The first-order valence-electron chi connectivity index (χ1n) is 5.74. The van der Waals surface area contributed by atoms with Gasteiger partial charge in [0, 0.05) is 12.1 Å². The van der Waals surface area contributed by atoms with Gasteiger partial charge in [-0.15, -0.1) is 0 Å². The fourth-order valence-electron chi connectivity index (χ4n) is 1.34. The molecule has 3 N–H and O–H groups in total. The number of nitrogens with two attached hydrogens (primary N) is 1. The lowest BCUT2D eigenvalue weighted by atomic mass is 10.1. The number of hydrogen-bond donors (Lipinski definition) is 2. The maximum Gasteiger partial charge on any atom is 0.251 e. The highest BCUT2D eigenvalue weighted by Gasteiger charge is 2.06. The van der Waals surface area contributed by atoms with Crippen molar-refractivity contribution in [3.63, 3.8) is 0 Å². The van der Waals surface area contributed by atoms with Gasteiger partial charge in [-0.05, 0) is 36.6 Å². The van der Waals surface area contributed by atoms with Crippen LogP contribution in [0.2, 0.25) is 0 Å². The highest BCUT2D eigenvalue weighted by molar-refractivity contribution is 5.94. The zero-order chi connectivity index (χ0) is 12.0. The van der Waals surface area contributed by atoms with Crippen LogP contribution in [0.25, 0.3) is 0 Å². The summed E-state index contributed by atoms with van der Waals surface area (Å²) in [6, 6.07) is 7.70. The fourth-order valence-corrected chi connectivity index (χ4v) is 1.34. The molecule has 1 amide bonds. The quantitative estimate of drug-likeness (QED) is 0.791. The molecule has 88 valence electrons. The molecule has 16 heavy (non-hydrogen) atoms. The van der Waals surface area contributed by atoms with Crippen molar-refractivity contribution in [1.82, 2.24) is 5.32 Å². The third-order valence-electron chi connectivity index (χ3n) is 2.64. The van der Waals surface area contributed by atoms with E-state index in [-0.39, 0.29) is 5.91 Å². The number of carbonyl (C=O) groups excluding carboxylic acids is 1. The molecule has 0 bridgehead atoms. The molecule has 0 saturated carbocycles. The second-order valence-electron chi connectivity index (χ2n) is 4.10. The van der Waals surface area contributed by atoms with E-state index in [1.807, 2.05) is 31.2 Å². The predicted molar refractivity (Wildman–Crippen MR) is 66.4 cm³/mol. The van der Waals surface area contributed by atoms with Gasteiger partial charge in [0.15, 0.2) is 0 Å². The van der Waals surface area contributed by atoms with E-state index in [0.29, 0.717) is 24.6 Å². The normalized spacial score (nSPS) is 12.2. The molecule has 1 rings (SSSR count). The van der Waals surface area contributed by atoms with Crippen molar-refractivity contribution >= 4 is 5.91 Å². The minimum absolute atomic E-state index is 0.0250. The molecule has 0 fully saturated rings. The van der Waals surface area contributed by atoms with Crippen molar-refractivity contribution in [2.45, 2.75) is 20.3 Å². The van der Waals surface area contributed by atoms with E-state index in [2.05, 4.69) is 12.2 Å². The number of hydrogen-bond acceptors (Lipinski definition) is 2. The van der Waals surface area contributed by atoms with E-state index < -0.39 is 0 Å². The van der Waals surface area contributed by atoms with Crippen LogP contribution in [0.15, 0.2) is 24.3 Å². The van der Waals surface area contributed by atoms with Crippen LogP contribution in [0.4, 0.5) is 0 Å². The molecular weight excluding hydrogens is 200 g/mol. The van der Waals surface area contributed by atoms with E-state index in [1.54, 1.807) is 0 Å². The number of benzene rings is 1. The molecule has 0 heterocycles. The van der Waals surface area contributed by atoms with Gasteiger partial charge in [0.1, 0.15) is 0 Å². The molecule has 0 aliphatic rings. The minimum Gasteiger partial charge on any atom is -0.352 e. The Bertz CT molecular complexity index is 332. The van der Waals surface area contributed by atoms with Gasteiger partial charge in [-0.3, -0.25) is 4.79 Å². The Morgan fingerprint density at radius 2 is 2.00 bits per heavy atom. The van der Waals surface area contributed by atoms with Gasteiger partial charge in [-0.2, -0.15) is 0 Å². The summed E-state index contributed by atoms with van der Waals surface area (Å²) in [5.74, 6) is 0.293. The van der Waals surface area contributed by atoms with E-state index in [4.69, 9.17) is 5.73 Å². The number of rotatable bonds is 5. The molecule has 0 saturated heterocycles. The van der Waals surface area contributed by atoms with Crippen LogP contribution in [-0.4, -0.2) is 19.0 Å². The first-order chi connectivity index (χ1) is 7.67. The molecule has 3 nitrogen and oxygen atoms in total. The van der Waals surface area contributed by atoms with E-state index in [9.17, 15) is 4.79 Å². The van der Waals surface area contributed by atoms with Crippen LogP contribution in [0, 0.1) is 5.92 Å². The van der Waals surface area contributed by atoms with Crippen molar-refractivity contribution in [3.8, 4) is 0 Å². The SMILES string of the molecule is CCc1ccc(C(=O)NCC(C)CN)cc1. The lowest BCUT2D eigenvalue weighted by Crippen LogP contribution is -2.31. The fraction of sp³-hybridized carbons (Fsp3) is 0.462. The van der Waals surface area contributed by atoms with Crippen LogP contribution >= 0.6 is 0 Å². The zero-order valence-corrected chi connectivity index (χ0v) is 9.99. The molecule has 1 aromatic carbocycles. The van der Waals surface area contributed by atoms with Crippen LogP contribution in [0.5, 0.6) is 0 Å². The molecule has 0 aliphatic heterocycles. The maximum atomic E-state index is 11.7. The van der Waals surface area contributed by atoms with Gasteiger partial charge >= 0.3 is 0 Å². The first-order valence-corrected chi connectivity index (χ1v) is 5.74. The van der Waals surface area contributed by atoms with E-state index >= 15 is 0 Å². The summed E-state index contributed by atoms with van der Waals surface area (Å²) in [4.78, 5) is 11.7. The largest absolute Gasteiger partial charge is 0.352 e. The lowest BCUT2D eigenvalue weighted by Gasteiger charge is -2.10. The van der Waals surface area contributed by atoms with Gasteiger partial charge in [0.2, 0.25) is 0 Å². The number of amides is 1. The Labute approximate surface area is 97.0 Å². The predicted octanol–water partition coefficient (Wildman–Crippen LogP) is 1.57. The molecule has 1 aromatic rings. The zero-order valence-electron chi connectivity index (χ0n) is 9.99. The van der Waals surface area contributed by atoms with Gasteiger partial charge in [-0.25, -0.2) is 0 Å². The Balaban J connectivity index is 2.52. The molecule has 0 aliphatic carbocycles. The van der Waals surface area contributed by atoms with E-state index in [0.717, 1.165) is 6.42 Å². The summed E-state index contributed by atoms with van der Waals surface area (Å²) in [6.45, 7) is 5.33. The number of carbonyl (C=O) groups is 1. The summed E-state index contributed by atoms with van der Waals surface area (Å²) >= 11 is 0. The van der Waals surface area contributed by atoms with Crippen LogP contribution in [0.3, 0.4) is 0 Å². The van der Waals surface area contributed by atoms with Crippen molar-refractivity contribution in [2.75, 3.05) is 13.1 Å². The lowest BCUT2D eigenvalue weighted by molar-refractivity contribution is 0.0948. The topological polar surface area (TPSA) is 55.1 Å². The monoisotopic (exact) mass is 220 g/mol. The molecule has 0 spiro atoms. The third-order valence-corrected chi connectivity index (χ3v) is 2.64. The van der Waals surface area contributed by atoms with Crippen molar-refractivity contribution < 1.29 is 4.79 Å². The molecule has 0 aromatic heterocycles. The Morgan fingerprint density at radius 3 is 2.50 bits per heavy atom. The Kier molecular flexibility index (Phi) is 4.99. The smallest absolute Gasteiger partial charge is 0.251 e. The van der Waals surface area contributed by atoms with Crippen molar-refractivity contribution in [2.24, 2.45) is 11.7 Å². The third kappa shape index (κ3) is 3.66. The van der Waals surface area contributed by atoms with Gasteiger partial charge in [0.05, 0.1) is 0 Å². The summed E-state index contributed by atoms with van der Waals surface area (Å²) in [5.41, 5.74) is 7.44. The first kappa shape index (κ1) is 12.7. The summed E-state index contributed by atoms with van der Waals surface area (Å²) in [7, 11) is 0. The number of aryl methyl sites for hydroxylation is 1. The minimum atomic E-state index is -0.0250. The number of nitrogens with one attached hydrogen (secondary N) is 1. The Morgan fingerprint density at radius 1 is 1.38 bits per heavy atom.